The van der Waals surface area contributed by atoms with E-state index in [-0.39, 0.29) is 30.8 Å². The van der Waals surface area contributed by atoms with Gasteiger partial charge in [-0.15, -0.1) is 12.4 Å². The maximum absolute atomic E-state index is 12.0. The predicted octanol–water partition coefficient (Wildman–Crippen LogP) is 3.17. The molecule has 2 aromatic carbocycles. The molecule has 0 saturated carbocycles. The second-order valence-corrected chi connectivity index (χ2v) is 5.64. The lowest BCUT2D eigenvalue weighted by Gasteiger charge is -2.13. The van der Waals surface area contributed by atoms with Crippen LogP contribution in [0, 0.1) is 6.92 Å². The fourth-order valence-electron chi connectivity index (χ4n) is 2.53. The summed E-state index contributed by atoms with van der Waals surface area (Å²) in [6, 6.07) is 15.5. The highest BCUT2D eigenvalue weighted by Gasteiger charge is 2.11. The van der Waals surface area contributed by atoms with E-state index < -0.39 is 0 Å². The standard InChI is InChI=1S/C19H24N2O2.ClH/c1-14-8-9-18(23-2)16(12-14)10-11-21-19(22)13-17(20)15-6-4-3-5-7-15;/h3-9,12,17H,10-11,13,20H2,1-2H3,(H,21,22);1H. The third-order valence-electron chi connectivity index (χ3n) is 3.79. The quantitative estimate of drug-likeness (QED) is 0.807. The number of carbonyl (C=O) groups excluding carboxylic acids is 1. The number of amides is 1. The van der Waals surface area contributed by atoms with Crippen molar-refractivity contribution in [1.82, 2.24) is 5.32 Å². The Labute approximate surface area is 149 Å². The van der Waals surface area contributed by atoms with Crippen LogP contribution in [0.4, 0.5) is 0 Å². The molecular formula is C19H25ClN2O2. The Morgan fingerprint density at radius 1 is 1.21 bits per heavy atom. The van der Waals surface area contributed by atoms with Gasteiger partial charge >= 0.3 is 0 Å². The van der Waals surface area contributed by atoms with Gasteiger partial charge < -0.3 is 15.8 Å². The topological polar surface area (TPSA) is 64.3 Å². The van der Waals surface area contributed by atoms with Crippen LogP contribution in [0.2, 0.25) is 0 Å². The van der Waals surface area contributed by atoms with Crippen molar-refractivity contribution >= 4 is 18.3 Å². The maximum Gasteiger partial charge on any atom is 0.221 e. The Kier molecular flexibility index (Phi) is 8.30. The number of methoxy groups -OCH3 is 1. The Morgan fingerprint density at radius 3 is 2.58 bits per heavy atom. The number of nitrogens with two attached hydrogens (primary N) is 1. The molecular weight excluding hydrogens is 324 g/mol. The summed E-state index contributed by atoms with van der Waals surface area (Å²) in [6.07, 6.45) is 1.02. The third-order valence-corrected chi connectivity index (χ3v) is 3.79. The van der Waals surface area contributed by atoms with Gasteiger partial charge in [-0.05, 0) is 30.5 Å². The average Bonchev–Trinajstić information content (AvgIpc) is 2.56. The number of benzene rings is 2. The minimum absolute atomic E-state index is 0. The summed E-state index contributed by atoms with van der Waals surface area (Å²) in [5.41, 5.74) is 9.31. The van der Waals surface area contributed by atoms with Crippen molar-refractivity contribution in [3.8, 4) is 5.75 Å². The van der Waals surface area contributed by atoms with E-state index in [0.29, 0.717) is 6.54 Å². The molecule has 2 aromatic rings. The molecule has 3 N–H and O–H groups in total. The lowest BCUT2D eigenvalue weighted by Crippen LogP contribution is -2.29. The van der Waals surface area contributed by atoms with Gasteiger partial charge in [-0.1, -0.05) is 48.0 Å². The van der Waals surface area contributed by atoms with Gasteiger partial charge in [0.2, 0.25) is 5.91 Å². The summed E-state index contributed by atoms with van der Waals surface area (Å²) in [5, 5.41) is 2.93. The molecule has 2 rings (SSSR count). The number of rotatable bonds is 7. The summed E-state index contributed by atoms with van der Waals surface area (Å²) < 4.78 is 5.35. The number of hydrogen-bond donors (Lipinski definition) is 2. The lowest BCUT2D eigenvalue weighted by molar-refractivity contribution is -0.121. The van der Waals surface area contributed by atoms with Crippen molar-refractivity contribution in [1.29, 1.82) is 0 Å². The summed E-state index contributed by atoms with van der Waals surface area (Å²) >= 11 is 0. The summed E-state index contributed by atoms with van der Waals surface area (Å²) in [4.78, 5) is 12.0. The molecule has 0 saturated heterocycles. The van der Waals surface area contributed by atoms with E-state index in [0.717, 1.165) is 23.3 Å². The van der Waals surface area contributed by atoms with Gasteiger partial charge in [-0.3, -0.25) is 4.79 Å². The van der Waals surface area contributed by atoms with E-state index >= 15 is 0 Å². The van der Waals surface area contributed by atoms with Gasteiger partial charge in [0.1, 0.15) is 5.75 Å². The predicted molar refractivity (Wildman–Crippen MR) is 99.7 cm³/mol. The van der Waals surface area contributed by atoms with Gasteiger partial charge in [-0.25, -0.2) is 0 Å². The molecule has 0 aliphatic rings. The zero-order chi connectivity index (χ0) is 16.7. The van der Waals surface area contributed by atoms with Gasteiger partial charge in [-0.2, -0.15) is 0 Å². The molecule has 5 heteroatoms. The molecule has 130 valence electrons. The Hall–Kier alpha value is -2.04. The number of aryl methyl sites for hydroxylation is 1. The summed E-state index contributed by atoms with van der Waals surface area (Å²) in [5.74, 6) is 0.818. The van der Waals surface area contributed by atoms with Crippen LogP contribution in [0.3, 0.4) is 0 Å². The van der Waals surface area contributed by atoms with Crippen LogP contribution >= 0.6 is 12.4 Å². The van der Waals surface area contributed by atoms with Crippen LogP contribution < -0.4 is 15.8 Å². The van der Waals surface area contributed by atoms with Crippen molar-refractivity contribution in [3.63, 3.8) is 0 Å². The molecule has 0 aliphatic heterocycles. The normalized spacial score (nSPS) is 11.3. The molecule has 0 fully saturated rings. The molecule has 0 radical (unpaired) electrons. The first-order valence-electron chi connectivity index (χ1n) is 7.81. The van der Waals surface area contributed by atoms with Crippen molar-refractivity contribution in [2.45, 2.75) is 25.8 Å². The van der Waals surface area contributed by atoms with Crippen molar-refractivity contribution < 1.29 is 9.53 Å². The van der Waals surface area contributed by atoms with Crippen LogP contribution in [-0.2, 0) is 11.2 Å². The molecule has 1 atom stereocenters. The second-order valence-electron chi connectivity index (χ2n) is 5.64. The third kappa shape index (κ3) is 5.87. The van der Waals surface area contributed by atoms with Crippen molar-refractivity contribution in [2.24, 2.45) is 5.73 Å². The molecule has 1 amide bonds. The number of halogens is 1. The monoisotopic (exact) mass is 348 g/mol. The molecule has 1 unspecified atom stereocenters. The summed E-state index contributed by atoms with van der Waals surface area (Å²) in [6.45, 7) is 2.61. The first-order chi connectivity index (χ1) is 11.1. The van der Waals surface area contributed by atoms with E-state index in [2.05, 4.69) is 11.4 Å². The molecule has 24 heavy (non-hydrogen) atoms. The van der Waals surface area contributed by atoms with E-state index in [4.69, 9.17) is 10.5 Å². The van der Waals surface area contributed by atoms with Crippen LogP contribution in [0.15, 0.2) is 48.5 Å². The number of ether oxygens (including phenoxy) is 1. The molecule has 0 heterocycles. The molecule has 0 spiro atoms. The second kappa shape index (κ2) is 9.96. The molecule has 0 aliphatic carbocycles. The van der Waals surface area contributed by atoms with E-state index in [1.165, 1.54) is 5.56 Å². The Balaban J connectivity index is 0.00000288. The first kappa shape index (κ1) is 20.0. The lowest BCUT2D eigenvalue weighted by atomic mass is 10.0. The number of nitrogens with one attached hydrogen (secondary N) is 1. The fraction of sp³-hybridized carbons (Fsp3) is 0.316. The van der Waals surface area contributed by atoms with Crippen LogP contribution in [0.1, 0.15) is 29.2 Å². The zero-order valence-electron chi connectivity index (χ0n) is 14.1. The van der Waals surface area contributed by atoms with Gasteiger partial charge in [0, 0.05) is 19.0 Å². The minimum atomic E-state index is -0.273. The minimum Gasteiger partial charge on any atom is -0.496 e. The molecule has 0 bridgehead atoms. The van der Waals surface area contributed by atoms with Gasteiger partial charge in [0.05, 0.1) is 7.11 Å². The summed E-state index contributed by atoms with van der Waals surface area (Å²) in [7, 11) is 1.66. The molecule has 0 aromatic heterocycles. The van der Waals surface area contributed by atoms with Gasteiger partial charge in [0.25, 0.3) is 0 Å². The smallest absolute Gasteiger partial charge is 0.221 e. The molecule has 4 nitrogen and oxygen atoms in total. The van der Waals surface area contributed by atoms with Crippen molar-refractivity contribution in [3.05, 3.63) is 65.2 Å². The highest BCUT2D eigenvalue weighted by molar-refractivity contribution is 5.85. The number of carbonyl (C=O) groups is 1. The zero-order valence-corrected chi connectivity index (χ0v) is 14.9. The first-order valence-corrected chi connectivity index (χ1v) is 7.81. The SMILES string of the molecule is COc1ccc(C)cc1CCNC(=O)CC(N)c1ccccc1.Cl. The highest BCUT2D eigenvalue weighted by atomic mass is 35.5. The van der Waals surface area contributed by atoms with Crippen molar-refractivity contribution in [2.75, 3.05) is 13.7 Å². The van der Waals surface area contributed by atoms with E-state index in [9.17, 15) is 4.79 Å². The Bertz CT molecular complexity index is 647. The Morgan fingerprint density at radius 2 is 1.92 bits per heavy atom. The highest BCUT2D eigenvalue weighted by Crippen LogP contribution is 2.20. The average molecular weight is 349 g/mol. The number of hydrogen-bond acceptors (Lipinski definition) is 3. The van der Waals surface area contributed by atoms with Crippen LogP contribution in [0.5, 0.6) is 5.75 Å². The largest absolute Gasteiger partial charge is 0.496 e. The van der Waals surface area contributed by atoms with Crippen LogP contribution in [0.25, 0.3) is 0 Å². The van der Waals surface area contributed by atoms with E-state index in [1.54, 1.807) is 7.11 Å². The fourth-order valence-corrected chi connectivity index (χ4v) is 2.53. The van der Waals surface area contributed by atoms with Crippen LogP contribution in [-0.4, -0.2) is 19.6 Å². The van der Waals surface area contributed by atoms with Gasteiger partial charge in [0.15, 0.2) is 0 Å². The maximum atomic E-state index is 12.0. The van der Waals surface area contributed by atoms with E-state index in [1.807, 2.05) is 49.4 Å².